The van der Waals surface area contributed by atoms with Gasteiger partial charge < -0.3 is 36.1 Å². The van der Waals surface area contributed by atoms with Gasteiger partial charge in [0, 0.05) is 6.54 Å². The molecule has 0 fully saturated rings. The molecule has 0 aromatic rings. The average Bonchev–Trinajstić information content (AvgIpc) is 2.34. The fraction of sp³-hybridized carbons (Fsp3) is 0.875. The Morgan fingerprint density at radius 1 is 1.11 bits per heavy atom. The number of aldehydes is 1. The molecule has 0 saturated heterocycles. The summed E-state index contributed by atoms with van der Waals surface area (Å²) >= 11 is 0. The van der Waals surface area contributed by atoms with E-state index in [-0.39, 0.29) is 18.6 Å². The van der Waals surface area contributed by atoms with Crippen molar-refractivity contribution in [1.29, 1.82) is 0 Å². The van der Waals surface area contributed by atoms with Crippen molar-refractivity contribution >= 4 is 16.4 Å². The molecular formula is C8H19NO9S. The third-order valence-corrected chi connectivity index (χ3v) is 2.55. The van der Waals surface area contributed by atoms with E-state index in [1.54, 1.807) is 0 Å². The van der Waals surface area contributed by atoms with Gasteiger partial charge >= 0.3 is 0 Å². The van der Waals surface area contributed by atoms with Crippen LogP contribution < -0.4 is 5.73 Å². The van der Waals surface area contributed by atoms with Crippen LogP contribution in [-0.4, -0.2) is 88.1 Å². The van der Waals surface area contributed by atoms with E-state index in [0.29, 0.717) is 0 Å². The Labute approximate surface area is 109 Å². The van der Waals surface area contributed by atoms with Crippen molar-refractivity contribution in [3.63, 3.8) is 0 Å². The number of rotatable bonds is 7. The van der Waals surface area contributed by atoms with Crippen molar-refractivity contribution in [2.75, 3.05) is 18.9 Å². The number of aliphatic hydroxyl groups excluding tert-OH is 5. The highest BCUT2D eigenvalue weighted by Gasteiger charge is 2.29. The Morgan fingerprint density at radius 3 is 1.79 bits per heavy atom. The molecule has 4 atom stereocenters. The van der Waals surface area contributed by atoms with E-state index >= 15 is 0 Å². The van der Waals surface area contributed by atoms with Crippen LogP contribution in [0.5, 0.6) is 0 Å². The van der Waals surface area contributed by atoms with Crippen LogP contribution in [-0.2, 0) is 14.9 Å². The molecule has 116 valence electrons. The van der Waals surface area contributed by atoms with Crippen molar-refractivity contribution in [3.8, 4) is 0 Å². The Hall–Kier alpha value is -0.660. The molecule has 4 unspecified atom stereocenters. The summed E-state index contributed by atoms with van der Waals surface area (Å²) in [7, 11) is -3.80. The van der Waals surface area contributed by atoms with E-state index in [9.17, 15) is 13.2 Å². The second-order valence-electron chi connectivity index (χ2n) is 3.43. The van der Waals surface area contributed by atoms with E-state index in [2.05, 4.69) is 0 Å². The van der Waals surface area contributed by atoms with Gasteiger partial charge in [0.2, 0.25) is 0 Å². The molecule has 0 heterocycles. The minimum Gasteiger partial charge on any atom is -0.394 e. The van der Waals surface area contributed by atoms with Gasteiger partial charge in [-0.3, -0.25) is 4.55 Å². The lowest BCUT2D eigenvalue weighted by Crippen LogP contribution is -2.46. The summed E-state index contributed by atoms with van der Waals surface area (Å²) in [6.07, 6.45) is -6.84. The molecule has 0 saturated carbocycles. The zero-order valence-electron chi connectivity index (χ0n) is 9.90. The average molecular weight is 305 g/mol. The van der Waals surface area contributed by atoms with Crippen LogP contribution in [0.25, 0.3) is 0 Å². The molecule has 0 spiro atoms. The van der Waals surface area contributed by atoms with Crippen molar-refractivity contribution in [2.24, 2.45) is 5.73 Å². The predicted molar refractivity (Wildman–Crippen MR) is 62.6 cm³/mol. The van der Waals surface area contributed by atoms with Crippen molar-refractivity contribution in [1.82, 2.24) is 0 Å². The summed E-state index contributed by atoms with van der Waals surface area (Å²) in [5.41, 5.74) is 4.78. The second-order valence-corrected chi connectivity index (χ2v) is 5.00. The van der Waals surface area contributed by atoms with E-state index in [1.807, 2.05) is 0 Å². The molecule has 19 heavy (non-hydrogen) atoms. The SMILES string of the molecule is NCCS(=O)(=O)O.O=CC(O)C(O)C(O)C(O)CO. The van der Waals surface area contributed by atoms with Gasteiger partial charge in [-0.25, -0.2) is 0 Å². The molecule has 0 aromatic heterocycles. The fourth-order valence-corrected chi connectivity index (χ4v) is 1.06. The first-order chi connectivity index (χ1) is 8.60. The number of hydrogen-bond donors (Lipinski definition) is 7. The van der Waals surface area contributed by atoms with Crippen LogP contribution in [0.15, 0.2) is 0 Å². The number of hydrogen-bond acceptors (Lipinski definition) is 9. The van der Waals surface area contributed by atoms with E-state index in [4.69, 9.17) is 35.8 Å². The maximum absolute atomic E-state index is 9.90. The molecule has 0 aliphatic heterocycles. The Morgan fingerprint density at radius 2 is 1.58 bits per heavy atom. The molecule has 0 aliphatic carbocycles. The third-order valence-electron chi connectivity index (χ3n) is 1.80. The first-order valence-corrected chi connectivity index (χ1v) is 6.65. The van der Waals surface area contributed by atoms with E-state index in [0.717, 1.165) is 0 Å². The van der Waals surface area contributed by atoms with Crippen molar-refractivity contribution < 1.29 is 43.3 Å². The zero-order chi connectivity index (χ0) is 15.6. The lowest BCUT2D eigenvalue weighted by Gasteiger charge is -2.22. The van der Waals surface area contributed by atoms with Crippen LogP contribution >= 0.6 is 0 Å². The minimum atomic E-state index is -3.80. The molecule has 0 amide bonds. The monoisotopic (exact) mass is 305 g/mol. The number of carbonyl (C=O) groups excluding carboxylic acids is 1. The van der Waals surface area contributed by atoms with Crippen LogP contribution in [0.4, 0.5) is 0 Å². The summed E-state index contributed by atoms with van der Waals surface area (Å²) in [6.45, 7) is -0.789. The Balaban J connectivity index is 0. The number of aliphatic hydroxyl groups is 5. The quantitative estimate of drug-likeness (QED) is 0.177. The van der Waals surface area contributed by atoms with Gasteiger partial charge in [0.25, 0.3) is 10.1 Å². The second kappa shape index (κ2) is 10.2. The highest BCUT2D eigenvalue weighted by molar-refractivity contribution is 7.85. The Bertz CT molecular complexity index is 333. The van der Waals surface area contributed by atoms with Gasteiger partial charge in [-0.2, -0.15) is 8.42 Å². The molecular weight excluding hydrogens is 286 g/mol. The molecule has 0 aromatic carbocycles. The smallest absolute Gasteiger partial charge is 0.266 e. The van der Waals surface area contributed by atoms with E-state index in [1.165, 1.54) is 0 Å². The molecule has 0 bridgehead atoms. The topological polar surface area (TPSA) is 199 Å². The normalized spacial score (nSPS) is 17.6. The molecule has 8 N–H and O–H groups in total. The third kappa shape index (κ3) is 10.9. The maximum atomic E-state index is 9.90. The summed E-state index contributed by atoms with van der Waals surface area (Å²) in [5.74, 6) is -0.354. The fourth-order valence-electron chi connectivity index (χ4n) is 0.767. The van der Waals surface area contributed by atoms with Gasteiger partial charge in [-0.05, 0) is 0 Å². The maximum Gasteiger partial charge on any atom is 0.266 e. The summed E-state index contributed by atoms with van der Waals surface area (Å²) in [5, 5.41) is 43.5. The molecule has 0 rings (SSSR count). The van der Waals surface area contributed by atoms with Crippen LogP contribution in [0.2, 0.25) is 0 Å². The predicted octanol–water partition coefficient (Wildman–Crippen LogP) is -4.55. The summed E-state index contributed by atoms with van der Waals surface area (Å²) in [4.78, 5) is 9.90. The van der Waals surface area contributed by atoms with Gasteiger partial charge in [-0.15, -0.1) is 0 Å². The van der Waals surface area contributed by atoms with E-state index < -0.39 is 41.1 Å². The van der Waals surface area contributed by atoms with Crippen LogP contribution in [0, 0.1) is 0 Å². The van der Waals surface area contributed by atoms with Gasteiger partial charge in [-0.1, -0.05) is 0 Å². The largest absolute Gasteiger partial charge is 0.394 e. The van der Waals surface area contributed by atoms with Gasteiger partial charge in [0.15, 0.2) is 6.29 Å². The Kier molecular flexibility index (Phi) is 11.1. The van der Waals surface area contributed by atoms with Crippen LogP contribution in [0.3, 0.4) is 0 Å². The number of nitrogens with two attached hydrogens (primary N) is 1. The molecule has 0 aliphatic rings. The van der Waals surface area contributed by atoms with Gasteiger partial charge in [0.05, 0.1) is 12.4 Å². The first-order valence-electron chi connectivity index (χ1n) is 5.04. The summed E-state index contributed by atoms with van der Waals surface area (Å²) in [6, 6.07) is 0. The summed E-state index contributed by atoms with van der Waals surface area (Å²) < 4.78 is 27.3. The highest BCUT2D eigenvalue weighted by atomic mass is 32.2. The van der Waals surface area contributed by atoms with Crippen molar-refractivity contribution in [3.05, 3.63) is 0 Å². The highest BCUT2D eigenvalue weighted by Crippen LogP contribution is 2.02. The molecule has 11 heteroatoms. The van der Waals surface area contributed by atoms with Crippen LogP contribution in [0.1, 0.15) is 0 Å². The standard InChI is InChI=1S/C6H12O6.C2H7NO3S/c7-1-3(9)5(11)6(12)4(10)2-8;3-1-2-7(4,5)6/h1,3-6,8-12H,2H2;1-3H2,(H,4,5,6). The lowest BCUT2D eigenvalue weighted by atomic mass is 10.0. The lowest BCUT2D eigenvalue weighted by molar-refractivity contribution is -0.136. The molecule has 10 nitrogen and oxygen atoms in total. The van der Waals surface area contributed by atoms with Crippen molar-refractivity contribution in [2.45, 2.75) is 24.4 Å². The molecule has 0 radical (unpaired) electrons. The minimum absolute atomic E-state index is 0.0258. The number of carbonyl (C=O) groups is 1. The first kappa shape index (κ1) is 20.7. The van der Waals surface area contributed by atoms with Gasteiger partial charge in [0.1, 0.15) is 24.4 Å². The zero-order valence-corrected chi connectivity index (χ0v) is 10.7.